The number of benzene rings is 1. The Kier molecular flexibility index (Phi) is 7.59. The average Bonchev–Trinajstić information content (AvgIpc) is 3.04. The number of carbonyl (C=O) groups excluding carboxylic acids is 1. The summed E-state index contributed by atoms with van der Waals surface area (Å²) in [6.45, 7) is 10.2. The zero-order valence-electron chi connectivity index (χ0n) is 17.6. The van der Waals surface area contributed by atoms with Crippen LogP contribution in [0.2, 0.25) is 0 Å². The molecule has 1 aliphatic rings. The fourth-order valence-electron chi connectivity index (χ4n) is 3.68. The molecule has 0 saturated carbocycles. The fourth-order valence-corrected chi connectivity index (χ4v) is 3.68. The molecular formula is C22H29FN4O3. The number of ether oxygens (including phenoxy) is 2. The second-order valence-corrected chi connectivity index (χ2v) is 7.15. The lowest BCUT2D eigenvalue weighted by molar-refractivity contribution is 0.0108. The van der Waals surface area contributed by atoms with Crippen molar-refractivity contribution in [2.45, 2.75) is 26.3 Å². The Morgan fingerprint density at radius 2 is 2.20 bits per heavy atom. The van der Waals surface area contributed by atoms with Crippen molar-refractivity contribution in [2.75, 3.05) is 39.5 Å². The van der Waals surface area contributed by atoms with E-state index in [0.29, 0.717) is 45.2 Å². The molecular weight excluding hydrogens is 387 g/mol. The standard InChI is InChI=1S/C22H29FN4O3/c1-4-5-12-29-13-10-24-22(28)26-11-14-30-15-20(26)21-16(2)25-27(17(21)3)19-9-7-6-8-18(19)23/h4,6-9,20H,1,5,10-15H2,2-3H3,(H,24,28). The first-order valence-electron chi connectivity index (χ1n) is 10.2. The van der Waals surface area contributed by atoms with E-state index in [1.807, 2.05) is 13.8 Å². The number of morpholine rings is 1. The Balaban J connectivity index is 1.75. The van der Waals surface area contributed by atoms with Crippen LogP contribution < -0.4 is 5.32 Å². The molecule has 1 fully saturated rings. The maximum atomic E-state index is 14.3. The van der Waals surface area contributed by atoms with Gasteiger partial charge in [0.25, 0.3) is 0 Å². The Hall–Kier alpha value is -2.71. The number of aryl methyl sites for hydroxylation is 1. The summed E-state index contributed by atoms with van der Waals surface area (Å²) in [4.78, 5) is 14.6. The summed E-state index contributed by atoms with van der Waals surface area (Å²) in [5, 5.41) is 7.46. The Morgan fingerprint density at radius 3 is 2.97 bits per heavy atom. The van der Waals surface area contributed by atoms with Crippen LogP contribution in [0.15, 0.2) is 36.9 Å². The number of para-hydroxylation sites is 1. The molecule has 8 heteroatoms. The molecule has 0 radical (unpaired) electrons. The molecule has 2 aromatic rings. The van der Waals surface area contributed by atoms with E-state index in [1.54, 1.807) is 33.9 Å². The van der Waals surface area contributed by atoms with E-state index in [4.69, 9.17) is 9.47 Å². The van der Waals surface area contributed by atoms with E-state index < -0.39 is 0 Å². The lowest BCUT2D eigenvalue weighted by Crippen LogP contribution is -2.49. The Bertz CT molecular complexity index is 883. The summed E-state index contributed by atoms with van der Waals surface area (Å²) in [6.07, 6.45) is 2.58. The molecule has 3 rings (SSSR count). The first-order chi connectivity index (χ1) is 14.5. The number of hydrogen-bond donors (Lipinski definition) is 1. The number of amides is 2. The highest BCUT2D eigenvalue weighted by molar-refractivity contribution is 5.75. The second-order valence-electron chi connectivity index (χ2n) is 7.15. The van der Waals surface area contributed by atoms with Crippen LogP contribution in [0.25, 0.3) is 5.69 Å². The van der Waals surface area contributed by atoms with Gasteiger partial charge in [-0.15, -0.1) is 6.58 Å². The van der Waals surface area contributed by atoms with Crippen molar-refractivity contribution in [2.24, 2.45) is 0 Å². The molecule has 1 aromatic carbocycles. The molecule has 0 bridgehead atoms. The third-order valence-electron chi connectivity index (χ3n) is 5.14. The van der Waals surface area contributed by atoms with Gasteiger partial charge in [0, 0.05) is 24.3 Å². The molecule has 7 nitrogen and oxygen atoms in total. The number of halogens is 1. The van der Waals surface area contributed by atoms with E-state index in [2.05, 4.69) is 17.0 Å². The van der Waals surface area contributed by atoms with Gasteiger partial charge in [-0.05, 0) is 32.4 Å². The van der Waals surface area contributed by atoms with Crippen LogP contribution in [-0.4, -0.2) is 60.2 Å². The van der Waals surface area contributed by atoms with Gasteiger partial charge in [-0.3, -0.25) is 0 Å². The zero-order chi connectivity index (χ0) is 21.5. The van der Waals surface area contributed by atoms with Crippen LogP contribution in [0.4, 0.5) is 9.18 Å². The molecule has 1 N–H and O–H groups in total. The summed E-state index contributed by atoms with van der Waals surface area (Å²) in [5.41, 5.74) is 2.81. The van der Waals surface area contributed by atoms with Crippen LogP contribution >= 0.6 is 0 Å². The van der Waals surface area contributed by atoms with E-state index in [-0.39, 0.29) is 17.9 Å². The highest BCUT2D eigenvalue weighted by Gasteiger charge is 2.33. The van der Waals surface area contributed by atoms with Crippen molar-refractivity contribution in [3.05, 3.63) is 59.7 Å². The summed E-state index contributed by atoms with van der Waals surface area (Å²) in [7, 11) is 0. The Labute approximate surface area is 176 Å². The van der Waals surface area contributed by atoms with E-state index >= 15 is 0 Å². The average molecular weight is 416 g/mol. The summed E-state index contributed by atoms with van der Waals surface area (Å²) < 4.78 is 27.0. The van der Waals surface area contributed by atoms with E-state index in [9.17, 15) is 9.18 Å². The molecule has 30 heavy (non-hydrogen) atoms. The summed E-state index contributed by atoms with van der Waals surface area (Å²) in [6, 6.07) is 6.05. The first kappa shape index (κ1) is 22.0. The molecule has 1 aliphatic heterocycles. The molecule has 1 unspecified atom stereocenters. The van der Waals surface area contributed by atoms with Gasteiger partial charge in [0.1, 0.15) is 11.5 Å². The van der Waals surface area contributed by atoms with Crippen molar-refractivity contribution >= 4 is 6.03 Å². The maximum Gasteiger partial charge on any atom is 0.318 e. The minimum absolute atomic E-state index is 0.173. The monoisotopic (exact) mass is 416 g/mol. The van der Waals surface area contributed by atoms with Gasteiger partial charge in [0.15, 0.2) is 0 Å². The minimum atomic E-state index is -0.347. The van der Waals surface area contributed by atoms with Gasteiger partial charge < -0.3 is 19.7 Å². The van der Waals surface area contributed by atoms with Crippen LogP contribution in [0, 0.1) is 19.7 Å². The van der Waals surface area contributed by atoms with Gasteiger partial charge in [-0.1, -0.05) is 18.2 Å². The predicted molar refractivity (Wildman–Crippen MR) is 112 cm³/mol. The van der Waals surface area contributed by atoms with E-state index in [0.717, 1.165) is 23.4 Å². The third-order valence-corrected chi connectivity index (χ3v) is 5.14. The quantitative estimate of drug-likeness (QED) is 0.530. The molecule has 0 spiro atoms. The van der Waals surface area contributed by atoms with Crippen molar-refractivity contribution in [3.63, 3.8) is 0 Å². The van der Waals surface area contributed by atoms with Crippen molar-refractivity contribution in [1.29, 1.82) is 0 Å². The molecule has 2 heterocycles. The summed E-state index contributed by atoms with van der Waals surface area (Å²) >= 11 is 0. The van der Waals surface area contributed by atoms with Crippen LogP contribution in [0.3, 0.4) is 0 Å². The molecule has 1 aromatic heterocycles. The SMILES string of the molecule is C=CCCOCCNC(=O)N1CCOCC1c1c(C)nn(-c2ccccc2F)c1C. The lowest BCUT2D eigenvalue weighted by Gasteiger charge is -2.36. The van der Waals surface area contributed by atoms with Crippen LogP contribution in [0.5, 0.6) is 0 Å². The highest BCUT2D eigenvalue weighted by Crippen LogP contribution is 2.31. The topological polar surface area (TPSA) is 68.6 Å². The number of nitrogens with one attached hydrogen (secondary N) is 1. The highest BCUT2D eigenvalue weighted by atomic mass is 19.1. The number of nitrogens with zero attached hydrogens (tertiary/aromatic N) is 3. The largest absolute Gasteiger partial charge is 0.379 e. The lowest BCUT2D eigenvalue weighted by atomic mass is 10.0. The number of carbonyl (C=O) groups is 1. The number of aromatic nitrogens is 2. The third kappa shape index (κ3) is 4.88. The Morgan fingerprint density at radius 1 is 1.40 bits per heavy atom. The van der Waals surface area contributed by atoms with Gasteiger partial charge >= 0.3 is 6.03 Å². The second kappa shape index (κ2) is 10.4. The smallest absolute Gasteiger partial charge is 0.318 e. The molecule has 162 valence electrons. The first-order valence-corrected chi connectivity index (χ1v) is 10.2. The van der Waals surface area contributed by atoms with Gasteiger partial charge in [0.05, 0.1) is 38.2 Å². The van der Waals surface area contributed by atoms with Crippen molar-refractivity contribution < 1.29 is 18.7 Å². The zero-order valence-corrected chi connectivity index (χ0v) is 17.6. The van der Waals surface area contributed by atoms with E-state index in [1.165, 1.54) is 6.07 Å². The normalized spacial score (nSPS) is 16.5. The van der Waals surface area contributed by atoms with Crippen molar-refractivity contribution in [1.82, 2.24) is 20.0 Å². The number of urea groups is 1. The summed E-state index contributed by atoms with van der Waals surface area (Å²) in [5.74, 6) is -0.347. The fraction of sp³-hybridized carbons (Fsp3) is 0.455. The van der Waals surface area contributed by atoms with Gasteiger partial charge in [0.2, 0.25) is 0 Å². The van der Waals surface area contributed by atoms with Crippen LogP contribution in [-0.2, 0) is 9.47 Å². The minimum Gasteiger partial charge on any atom is -0.379 e. The van der Waals surface area contributed by atoms with Crippen molar-refractivity contribution in [3.8, 4) is 5.69 Å². The number of rotatable bonds is 8. The predicted octanol–water partition coefficient (Wildman–Crippen LogP) is 3.30. The maximum absolute atomic E-state index is 14.3. The molecule has 2 amide bonds. The molecule has 0 aliphatic carbocycles. The van der Waals surface area contributed by atoms with Crippen LogP contribution in [0.1, 0.15) is 29.4 Å². The molecule has 1 atom stereocenters. The van der Waals surface area contributed by atoms with Gasteiger partial charge in [-0.2, -0.15) is 5.10 Å². The molecule has 1 saturated heterocycles. The van der Waals surface area contributed by atoms with Gasteiger partial charge in [-0.25, -0.2) is 13.9 Å². The number of hydrogen-bond acceptors (Lipinski definition) is 4.